The van der Waals surface area contributed by atoms with E-state index in [1.807, 2.05) is 0 Å². The zero-order valence-corrected chi connectivity index (χ0v) is 12.4. The highest BCUT2D eigenvalue weighted by Crippen LogP contribution is 2.30. The number of rotatable bonds is 4. The van der Waals surface area contributed by atoms with Gasteiger partial charge in [0.2, 0.25) is 5.91 Å². The minimum atomic E-state index is -1.02. The van der Waals surface area contributed by atoms with Crippen molar-refractivity contribution in [2.75, 3.05) is 12.4 Å². The molecule has 0 bridgehead atoms. The first kappa shape index (κ1) is 14.3. The van der Waals surface area contributed by atoms with Crippen molar-refractivity contribution in [2.45, 2.75) is 12.5 Å². The summed E-state index contributed by atoms with van der Waals surface area (Å²) in [6, 6.07) is 6.03. The van der Waals surface area contributed by atoms with E-state index >= 15 is 0 Å². The Morgan fingerprint density at radius 3 is 2.58 bits per heavy atom. The normalized spacial score (nSPS) is 20.6. The number of carbonyl (C=O) groups is 2. The van der Waals surface area contributed by atoms with Crippen LogP contribution in [0.3, 0.4) is 0 Å². The van der Waals surface area contributed by atoms with Gasteiger partial charge in [0.25, 0.3) is 0 Å². The summed E-state index contributed by atoms with van der Waals surface area (Å²) in [5.41, 5.74) is 0.597. The second-order valence-electron chi connectivity index (χ2n) is 4.56. The molecule has 0 saturated carbocycles. The fourth-order valence-corrected chi connectivity index (χ4v) is 2.73. The van der Waals surface area contributed by atoms with Crippen LogP contribution in [0.4, 0.5) is 0 Å². The summed E-state index contributed by atoms with van der Waals surface area (Å²) in [5.74, 6) is -0.770. The average molecular weight is 347 g/mol. The van der Waals surface area contributed by atoms with Crippen LogP contribution in [0.15, 0.2) is 28.7 Å². The van der Waals surface area contributed by atoms with Gasteiger partial charge in [-0.2, -0.15) is 0 Å². The summed E-state index contributed by atoms with van der Waals surface area (Å²) < 4.78 is 0.867. The minimum Gasteiger partial charge on any atom is -0.479 e. The Hall–Kier alpha value is -1.07. The van der Waals surface area contributed by atoms with E-state index in [4.69, 9.17) is 11.6 Å². The van der Waals surface area contributed by atoms with Crippen molar-refractivity contribution in [1.82, 2.24) is 4.90 Å². The SMILES string of the molecule is O=C(O)C(c1ccc(Br)cc1)N1CC(CCl)CC1=O. The number of benzene rings is 1. The molecule has 0 spiro atoms. The molecule has 1 fully saturated rings. The van der Waals surface area contributed by atoms with E-state index in [1.54, 1.807) is 24.3 Å². The largest absolute Gasteiger partial charge is 0.479 e. The summed E-state index contributed by atoms with van der Waals surface area (Å²) in [7, 11) is 0. The number of nitrogens with zero attached hydrogens (tertiary/aromatic N) is 1. The van der Waals surface area contributed by atoms with E-state index in [2.05, 4.69) is 15.9 Å². The predicted octanol–water partition coefficient (Wildman–Crippen LogP) is 2.66. The number of hydrogen-bond donors (Lipinski definition) is 1. The Kier molecular flexibility index (Phi) is 4.47. The molecule has 1 amide bonds. The van der Waals surface area contributed by atoms with Gasteiger partial charge in [-0.05, 0) is 23.6 Å². The van der Waals surface area contributed by atoms with Crippen molar-refractivity contribution in [2.24, 2.45) is 5.92 Å². The number of alkyl halides is 1. The monoisotopic (exact) mass is 345 g/mol. The highest BCUT2D eigenvalue weighted by atomic mass is 79.9. The molecule has 1 aromatic rings. The summed E-state index contributed by atoms with van der Waals surface area (Å²) in [5, 5.41) is 9.39. The second-order valence-corrected chi connectivity index (χ2v) is 5.79. The van der Waals surface area contributed by atoms with E-state index in [1.165, 1.54) is 4.90 Å². The lowest BCUT2D eigenvalue weighted by atomic mass is 10.1. The second kappa shape index (κ2) is 5.92. The summed E-state index contributed by atoms with van der Waals surface area (Å²) >= 11 is 9.06. The maximum atomic E-state index is 11.9. The number of aliphatic carboxylic acids is 1. The third-order valence-electron chi connectivity index (χ3n) is 3.19. The molecular formula is C13H13BrClNO3. The van der Waals surface area contributed by atoms with E-state index < -0.39 is 12.0 Å². The van der Waals surface area contributed by atoms with Crippen LogP contribution in [0.1, 0.15) is 18.0 Å². The minimum absolute atomic E-state index is 0.0338. The van der Waals surface area contributed by atoms with E-state index in [9.17, 15) is 14.7 Å². The third kappa shape index (κ3) is 3.09. The van der Waals surface area contributed by atoms with Crippen LogP contribution in [0, 0.1) is 5.92 Å². The van der Waals surface area contributed by atoms with E-state index in [0.717, 1.165) is 4.47 Å². The lowest BCUT2D eigenvalue weighted by Gasteiger charge is -2.25. The first-order valence-electron chi connectivity index (χ1n) is 5.86. The summed E-state index contributed by atoms with van der Waals surface area (Å²) in [6.07, 6.45) is 0.323. The molecule has 1 aromatic carbocycles. The maximum absolute atomic E-state index is 11.9. The molecule has 0 radical (unpaired) electrons. The molecule has 19 heavy (non-hydrogen) atoms. The standard InChI is InChI=1S/C13H13BrClNO3/c14-10-3-1-9(2-4-10)12(13(18)19)16-7-8(6-15)5-11(16)17/h1-4,8,12H,5-7H2,(H,18,19). The van der Waals surface area contributed by atoms with Gasteiger partial charge in [0, 0.05) is 23.3 Å². The van der Waals surface area contributed by atoms with Crippen molar-refractivity contribution < 1.29 is 14.7 Å². The van der Waals surface area contributed by atoms with Gasteiger partial charge in [0.15, 0.2) is 6.04 Å². The van der Waals surface area contributed by atoms with Gasteiger partial charge in [-0.15, -0.1) is 11.6 Å². The number of likely N-dealkylation sites (tertiary alicyclic amines) is 1. The Labute approximate surface area is 124 Å². The average Bonchev–Trinajstić information content (AvgIpc) is 2.73. The smallest absolute Gasteiger partial charge is 0.331 e. The van der Waals surface area contributed by atoms with Crippen LogP contribution in [0.5, 0.6) is 0 Å². The van der Waals surface area contributed by atoms with Gasteiger partial charge >= 0.3 is 5.97 Å². The fourth-order valence-electron chi connectivity index (χ4n) is 2.26. The molecular weight excluding hydrogens is 334 g/mol. The Bertz CT molecular complexity index is 491. The quantitative estimate of drug-likeness (QED) is 0.853. The van der Waals surface area contributed by atoms with Gasteiger partial charge in [0.05, 0.1) is 0 Å². The van der Waals surface area contributed by atoms with Crippen molar-refractivity contribution in [3.63, 3.8) is 0 Å². The van der Waals surface area contributed by atoms with Crippen LogP contribution in [0.2, 0.25) is 0 Å². The molecule has 1 aliphatic heterocycles. The van der Waals surface area contributed by atoms with Crippen molar-refractivity contribution >= 4 is 39.4 Å². The van der Waals surface area contributed by atoms with Crippen LogP contribution in [-0.2, 0) is 9.59 Å². The topological polar surface area (TPSA) is 57.6 Å². The predicted molar refractivity (Wildman–Crippen MR) is 75.1 cm³/mol. The lowest BCUT2D eigenvalue weighted by molar-refractivity contribution is -0.148. The van der Waals surface area contributed by atoms with Crippen molar-refractivity contribution in [3.8, 4) is 0 Å². The number of amides is 1. The van der Waals surface area contributed by atoms with Gasteiger partial charge in [-0.1, -0.05) is 28.1 Å². The molecule has 1 saturated heterocycles. The molecule has 1 N–H and O–H groups in total. The molecule has 102 valence electrons. The number of hydrogen-bond acceptors (Lipinski definition) is 2. The first-order chi connectivity index (χ1) is 9.02. The first-order valence-corrected chi connectivity index (χ1v) is 7.19. The van der Waals surface area contributed by atoms with Crippen LogP contribution >= 0.6 is 27.5 Å². The highest BCUT2D eigenvalue weighted by Gasteiger charge is 2.38. The van der Waals surface area contributed by atoms with Gasteiger partial charge in [0.1, 0.15) is 0 Å². The molecule has 0 aromatic heterocycles. The van der Waals surface area contributed by atoms with Crippen LogP contribution in [0.25, 0.3) is 0 Å². The van der Waals surface area contributed by atoms with Gasteiger partial charge in [-0.3, -0.25) is 4.79 Å². The Balaban J connectivity index is 2.28. The maximum Gasteiger partial charge on any atom is 0.331 e. The summed E-state index contributed by atoms with van der Waals surface area (Å²) in [6.45, 7) is 0.398. The zero-order valence-electron chi connectivity index (χ0n) is 10.1. The number of carboxylic acid groups (broad SMARTS) is 1. The van der Waals surface area contributed by atoms with Crippen molar-refractivity contribution in [3.05, 3.63) is 34.3 Å². The molecule has 0 aliphatic carbocycles. The molecule has 6 heteroatoms. The molecule has 4 nitrogen and oxygen atoms in total. The molecule has 1 heterocycles. The van der Waals surface area contributed by atoms with Crippen LogP contribution in [-0.4, -0.2) is 34.3 Å². The molecule has 2 atom stereocenters. The number of halogens is 2. The fraction of sp³-hybridized carbons (Fsp3) is 0.385. The summed E-state index contributed by atoms with van der Waals surface area (Å²) in [4.78, 5) is 24.8. The van der Waals surface area contributed by atoms with Crippen molar-refractivity contribution in [1.29, 1.82) is 0 Å². The number of carbonyl (C=O) groups excluding carboxylic acids is 1. The lowest BCUT2D eigenvalue weighted by Crippen LogP contribution is -2.35. The highest BCUT2D eigenvalue weighted by molar-refractivity contribution is 9.10. The zero-order chi connectivity index (χ0) is 14.0. The number of carboxylic acids is 1. The Morgan fingerprint density at radius 1 is 1.47 bits per heavy atom. The van der Waals surface area contributed by atoms with Gasteiger partial charge in [-0.25, -0.2) is 4.79 Å². The molecule has 2 rings (SSSR count). The Morgan fingerprint density at radius 2 is 2.11 bits per heavy atom. The van der Waals surface area contributed by atoms with Gasteiger partial charge < -0.3 is 10.0 Å². The van der Waals surface area contributed by atoms with E-state index in [-0.39, 0.29) is 11.8 Å². The molecule has 1 aliphatic rings. The van der Waals surface area contributed by atoms with Crippen LogP contribution < -0.4 is 0 Å². The van der Waals surface area contributed by atoms with E-state index in [0.29, 0.717) is 24.4 Å². The third-order valence-corrected chi connectivity index (χ3v) is 4.15. The molecule has 2 unspecified atom stereocenters.